The van der Waals surface area contributed by atoms with Crippen LogP contribution in [0.25, 0.3) is 0 Å². The van der Waals surface area contributed by atoms with Gasteiger partial charge in [0.15, 0.2) is 0 Å². The molecule has 2 aromatic rings. The number of amides is 2. The predicted octanol–water partition coefficient (Wildman–Crippen LogP) is 4.01. The number of aryl methyl sites for hydroxylation is 1. The fourth-order valence-corrected chi connectivity index (χ4v) is 3.00. The molecular formula is C23H29FN2O2. The highest BCUT2D eigenvalue weighted by Crippen LogP contribution is 2.14. The van der Waals surface area contributed by atoms with Crippen molar-refractivity contribution in [2.75, 3.05) is 6.54 Å². The smallest absolute Gasteiger partial charge is 0.242 e. The number of benzene rings is 2. The second-order valence-electron chi connectivity index (χ2n) is 7.13. The van der Waals surface area contributed by atoms with Gasteiger partial charge >= 0.3 is 0 Å². The van der Waals surface area contributed by atoms with Crippen molar-refractivity contribution < 1.29 is 14.0 Å². The predicted molar refractivity (Wildman–Crippen MR) is 109 cm³/mol. The van der Waals surface area contributed by atoms with Crippen LogP contribution in [0, 0.1) is 12.7 Å². The Morgan fingerprint density at radius 3 is 2.46 bits per heavy atom. The number of nitrogens with zero attached hydrogens (tertiary/aromatic N) is 1. The van der Waals surface area contributed by atoms with E-state index in [1.54, 1.807) is 24.0 Å². The van der Waals surface area contributed by atoms with Gasteiger partial charge in [-0.3, -0.25) is 9.59 Å². The first-order valence-electron chi connectivity index (χ1n) is 9.78. The highest BCUT2D eigenvalue weighted by atomic mass is 19.1. The molecule has 0 aliphatic carbocycles. The third kappa shape index (κ3) is 6.48. The molecule has 2 rings (SSSR count). The maximum Gasteiger partial charge on any atom is 0.242 e. The number of rotatable bonds is 9. The van der Waals surface area contributed by atoms with E-state index >= 15 is 0 Å². The maximum atomic E-state index is 13.1. The summed E-state index contributed by atoms with van der Waals surface area (Å²) >= 11 is 0. The van der Waals surface area contributed by atoms with Crippen molar-refractivity contribution in [2.24, 2.45) is 0 Å². The average molecular weight is 384 g/mol. The van der Waals surface area contributed by atoms with Crippen molar-refractivity contribution in [1.82, 2.24) is 10.2 Å². The molecule has 28 heavy (non-hydrogen) atoms. The van der Waals surface area contributed by atoms with Crippen molar-refractivity contribution in [2.45, 2.75) is 52.6 Å². The highest BCUT2D eigenvalue weighted by molar-refractivity contribution is 5.88. The second-order valence-corrected chi connectivity index (χ2v) is 7.13. The summed E-state index contributed by atoms with van der Waals surface area (Å²) in [5.41, 5.74) is 2.79. The summed E-state index contributed by atoms with van der Waals surface area (Å²) in [6.07, 6.45) is 2.02. The minimum Gasteiger partial charge on any atom is -0.354 e. The lowest BCUT2D eigenvalue weighted by atomic mass is 10.1. The van der Waals surface area contributed by atoms with E-state index in [1.807, 2.05) is 31.2 Å². The Labute approximate surface area is 166 Å². The van der Waals surface area contributed by atoms with Gasteiger partial charge in [0, 0.05) is 13.1 Å². The molecule has 0 aliphatic heterocycles. The van der Waals surface area contributed by atoms with E-state index in [4.69, 9.17) is 0 Å². The van der Waals surface area contributed by atoms with Gasteiger partial charge in [0.2, 0.25) is 11.8 Å². The van der Waals surface area contributed by atoms with E-state index in [-0.39, 0.29) is 24.1 Å². The van der Waals surface area contributed by atoms with E-state index in [2.05, 4.69) is 12.2 Å². The van der Waals surface area contributed by atoms with Crippen LogP contribution < -0.4 is 5.32 Å². The minimum absolute atomic E-state index is 0.124. The number of hydrogen-bond acceptors (Lipinski definition) is 2. The van der Waals surface area contributed by atoms with Crippen LogP contribution in [0.2, 0.25) is 0 Å². The first-order valence-corrected chi connectivity index (χ1v) is 9.78. The van der Waals surface area contributed by atoms with Crippen molar-refractivity contribution in [1.29, 1.82) is 0 Å². The van der Waals surface area contributed by atoms with Crippen molar-refractivity contribution in [3.63, 3.8) is 0 Å². The van der Waals surface area contributed by atoms with Gasteiger partial charge in [-0.1, -0.05) is 55.3 Å². The van der Waals surface area contributed by atoms with Gasteiger partial charge in [-0.05, 0) is 43.5 Å². The largest absolute Gasteiger partial charge is 0.354 e. The summed E-state index contributed by atoms with van der Waals surface area (Å²) < 4.78 is 13.1. The summed E-state index contributed by atoms with van der Waals surface area (Å²) in [6.45, 7) is 6.76. The van der Waals surface area contributed by atoms with Gasteiger partial charge < -0.3 is 10.2 Å². The molecule has 0 saturated heterocycles. The summed E-state index contributed by atoms with van der Waals surface area (Å²) in [6, 6.07) is 13.2. The first kappa shape index (κ1) is 21.6. The molecule has 0 aliphatic rings. The average Bonchev–Trinajstić information content (AvgIpc) is 2.67. The lowest BCUT2D eigenvalue weighted by molar-refractivity contribution is -0.140. The van der Waals surface area contributed by atoms with Gasteiger partial charge in [-0.2, -0.15) is 0 Å². The molecule has 0 unspecified atom stereocenters. The molecule has 0 saturated carbocycles. The van der Waals surface area contributed by atoms with Crippen molar-refractivity contribution in [3.8, 4) is 0 Å². The Bertz CT molecular complexity index is 789. The summed E-state index contributed by atoms with van der Waals surface area (Å²) in [5.74, 6) is -0.656. The number of unbranched alkanes of at least 4 members (excludes halogenated alkanes) is 1. The maximum absolute atomic E-state index is 13.1. The molecule has 4 nitrogen and oxygen atoms in total. The van der Waals surface area contributed by atoms with Crippen molar-refractivity contribution in [3.05, 3.63) is 71.0 Å². The van der Waals surface area contributed by atoms with Crippen LogP contribution in [0.1, 0.15) is 43.4 Å². The second kappa shape index (κ2) is 10.6. The van der Waals surface area contributed by atoms with Gasteiger partial charge in [-0.25, -0.2) is 4.39 Å². The first-order chi connectivity index (χ1) is 13.4. The standard InChI is InChI=1S/C23H29FN2O2/c1-4-5-13-25-23(28)18(3)26(16-20-8-6-7-17(2)14-20)22(27)15-19-9-11-21(24)12-10-19/h6-12,14,18H,4-5,13,15-16H2,1-3H3,(H,25,28)/t18-/m0/s1. The van der Waals surface area contributed by atoms with Gasteiger partial charge in [0.25, 0.3) is 0 Å². The van der Waals surface area contributed by atoms with Crippen LogP contribution in [-0.4, -0.2) is 29.3 Å². The van der Waals surface area contributed by atoms with Crippen LogP contribution in [-0.2, 0) is 22.6 Å². The van der Waals surface area contributed by atoms with Crippen molar-refractivity contribution >= 4 is 11.8 Å². The van der Waals surface area contributed by atoms with E-state index in [1.165, 1.54) is 12.1 Å². The van der Waals surface area contributed by atoms with E-state index in [9.17, 15) is 14.0 Å². The monoisotopic (exact) mass is 384 g/mol. The molecule has 0 fully saturated rings. The molecule has 1 atom stereocenters. The lowest BCUT2D eigenvalue weighted by Gasteiger charge is -2.29. The summed E-state index contributed by atoms with van der Waals surface area (Å²) in [7, 11) is 0. The molecule has 2 amide bonds. The summed E-state index contributed by atoms with van der Waals surface area (Å²) in [4.78, 5) is 27.2. The Balaban J connectivity index is 2.17. The molecule has 0 bridgehead atoms. The minimum atomic E-state index is -0.592. The Morgan fingerprint density at radius 1 is 1.11 bits per heavy atom. The molecule has 0 spiro atoms. The zero-order chi connectivity index (χ0) is 20.5. The molecule has 5 heteroatoms. The number of nitrogens with one attached hydrogen (secondary N) is 1. The Kier molecular flexibility index (Phi) is 8.18. The third-order valence-electron chi connectivity index (χ3n) is 4.70. The summed E-state index contributed by atoms with van der Waals surface area (Å²) in [5, 5.41) is 2.90. The highest BCUT2D eigenvalue weighted by Gasteiger charge is 2.26. The zero-order valence-electron chi connectivity index (χ0n) is 16.9. The van der Waals surface area contributed by atoms with E-state index in [0.29, 0.717) is 13.1 Å². The molecule has 0 heterocycles. The van der Waals surface area contributed by atoms with Gasteiger partial charge in [-0.15, -0.1) is 0 Å². The third-order valence-corrected chi connectivity index (χ3v) is 4.70. The lowest BCUT2D eigenvalue weighted by Crippen LogP contribution is -2.48. The number of carbonyl (C=O) groups is 2. The van der Waals surface area contributed by atoms with Gasteiger partial charge in [0.05, 0.1) is 6.42 Å². The zero-order valence-corrected chi connectivity index (χ0v) is 16.9. The normalized spacial score (nSPS) is 11.7. The molecule has 150 valence electrons. The van der Waals surface area contributed by atoms with Crippen LogP contribution >= 0.6 is 0 Å². The topological polar surface area (TPSA) is 49.4 Å². The van der Waals surface area contributed by atoms with E-state index < -0.39 is 6.04 Å². The number of hydrogen-bond donors (Lipinski definition) is 1. The van der Waals surface area contributed by atoms with E-state index in [0.717, 1.165) is 29.5 Å². The number of carbonyl (C=O) groups excluding carboxylic acids is 2. The molecule has 0 radical (unpaired) electrons. The Hall–Kier alpha value is -2.69. The molecule has 0 aromatic heterocycles. The van der Waals surface area contributed by atoms with Crippen LogP contribution in [0.15, 0.2) is 48.5 Å². The quantitative estimate of drug-likeness (QED) is 0.664. The van der Waals surface area contributed by atoms with Crippen LogP contribution in [0.5, 0.6) is 0 Å². The molecule has 1 N–H and O–H groups in total. The van der Waals surface area contributed by atoms with Gasteiger partial charge in [0.1, 0.15) is 11.9 Å². The van der Waals surface area contributed by atoms with Crippen LogP contribution in [0.4, 0.5) is 4.39 Å². The number of halogens is 1. The fourth-order valence-electron chi connectivity index (χ4n) is 3.00. The Morgan fingerprint density at radius 2 is 1.82 bits per heavy atom. The van der Waals surface area contributed by atoms with Crippen LogP contribution in [0.3, 0.4) is 0 Å². The SMILES string of the molecule is CCCCNC(=O)[C@H](C)N(Cc1cccc(C)c1)C(=O)Cc1ccc(F)cc1. The fraction of sp³-hybridized carbons (Fsp3) is 0.391. The molecule has 2 aromatic carbocycles. The molecular weight excluding hydrogens is 355 g/mol.